The van der Waals surface area contributed by atoms with E-state index in [1.54, 1.807) is 7.11 Å². The summed E-state index contributed by atoms with van der Waals surface area (Å²) in [4.78, 5) is 10.3. The van der Waals surface area contributed by atoms with Gasteiger partial charge >= 0.3 is 5.97 Å². The minimum Gasteiger partial charge on any atom is -0.497 e. The van der Waals surface area contributed by atoms with Crippen LogP contribution in [-0.4, -0.2) is 18.2 Å². The maximum Gasteiger partial charge on any atom is 0.303 e. The van der Waals surface area contributed by atoms with E-state index in [-0.39, 0.29) is 0 Å². The highest BCUT2D eigenvalue weighted by Gasteiger charge is 1.96. The first-order valence-corrected chi connectivity index (χ1v) is 9.51. The molecule has 0 heterocycles. The summed E-state index contributed by atoms with van der Waals surface area (Å²) < 4.78 is 4.91. The first kappa shape index (κ1) is 22.5. The van der Waals surface area contributed by atoms with Gasteiger partial charge in [0, 0.05) is 6.42 Å². The van der Waals surface area contributed by atoms with Crippen LogP contribution in [-0.2, 0) is 4.79 Å². The van der Waals surface area contributed by atoms with Gasteiger partial charge in [0.1, 0.15) is 5.75 Å². The molecule has 0 radical (unpaired) electrons. The van der Waals surface area contributed by atoms with Crippen molar-refractivity contribution in [2.45, 2.75) is 84.0 Å². The molecule has 0 atom stereocenters. The molecule has 1 aromatic carbocycles. The number of rotatable bonds is 13. The number of benzene rings is 1. The van der Waals surface area contributed by atoms with Gasteiger partial charge < -0.3 is 9.84 Å². The maximum atomic E-state index is 10.3. The molecule has 0 bridgehead atoms. The molecule has 24 heavy (non-hydrogen) atoms. The average Bonchev–Trinajstić information content (AvgIpc) is 2.60. The SMILES string of the molecule is CCCCCCCCCCCCCC(=O)O.COc1ccccc1. The monoisotopic (exact) mass is 336 g/mol. The molecule has 0 saturated carbocycles. The lowest BCUT2D eigenvalue weighted by Crippen LogP contribution is -1.93. The molecule has 1 rings (SSSR count). The molecule has 0 amide bonds. The van der Waals surface area contributed by atoms with Crippen LogP contribution >= 0.6 is 0 Å². The topological polar surface area (TPSA) is 46.5 Å². The van der Waals surface area contributed by atoms with E-state index in [1.807, 2.05) is 30.3 Å². The van der Waals surface area contributed by atoms with Gasteiger partial charge in [-0.3, -0.25) is 4.79 Å². The van der Waals surface area contributed by atoms with Crippen LogP contribution in [0.5, 0.6) is 5.75 Å². The van der Waals surface area contributed by atoms with E-state index >= 15 is 0 Å². The Morgan fingerprint density at radius 1 is 0.833 bits per heavy atom. The summed E-state index contributed by atoms with van der Waals surface area (Å²) >= 11 is 0. The predicted molar refractivity (Wildman–Crippen MR) is 102 cm³/mol. The highest BCUT2D eigenvalue weighted by atomic mass is 16.5. The van der Waals surface area contributed by atoms with Crippen molar-refractivity contribution in [2.24, 2.45) is 0 Å². The van der Waals surface area contributed by atoms with Gasteiger partial charge in [-0.25, -0.2) is 0 Å². The normalized spacial score (nSPS) is 9.92. The first-order chi connectivity index (χ1) is 11.7. The number of carboxylic acids is 1. The fourth-order valence-electron chi connectivity index (χ4n) is 2.50. The summed E-state index contributed by atoms with van der Waals surface area (Å²) in [6.07, 6.45) is 14.4. The minimum absolute atomic E-state index is 0.344. The Balaban J connectivity index is 0.000000546. The molecule has 0 unspecified atom stereocenters. The van der Waals surface area contributed by atoms with Crippen LogP contribution in [0.15, 0.2) is 30.3 Å². The van der Waals surface area contributed by atoms with Crippen molar-refractivity contribution in [1.29, 1.82) is 0 Å². The van der Waals surface area contributed by atoms with E-state index in [0.29, 0.717) is 6.42 Å². The van der Waals surface area contributed by atoms with Crippen molar-refractivity contribution < 1.29 is 14.6 Å². The van der Waals surface area contributed by atoms with E-state index in [9.17, 15) is 4.79 Å². The van der Waals surface area contributed by atoms with Gasteiger partial charge in [0.2, 0.25) is 0 Å². The summed E-state index contributed by atoms with van der Waals surface area (Å²) in [7, 11) is 1.66. The molecule has 0 aliphatic heterocycles. The molecular weight excluding hydrogens is 300 g/mol. The van der Waals surface area contributed by atoms with Crippen molar-refractivity contribution in [2.75, 3.05) is 7.11 Å². The van der Waals surface area contributed by atoms with E-state index < -0.39 is 5.97 Å². The van der Waals surface area contributed by atoms with Crippen molar-refractivity contribution in [3.8, 4) is 5.75 Å². The second-order valence-electron chi connectivity index (χ2n) is 6.20. The molecule has 0 aliphatic carbocycles. The fourth-order valence-corrected chi connectivity index (χ4v) is 2.50. The number of methoxy groups -OCH3 is 1. The Bertz CT molecular complexity index is 376. The Hall–Kier alpha value is -1.51. The zero-order chi connectivity index (χ0) is 17.9. The van der Waals surface area contributed by atoms with Gasteiger partial charge in [-0.2, -0.15) is 0 Å². The largest absolute Gasteiger partial charge is 0.497 e. The summed E-state index contributed by atoms with van der Waals surface area (Å²) in [5, 5.41) is 8.46. The lowest BCUT2D eigenvalue weighted by atomic mass is 10.1. The molecule has 3 heteroatoms. The molecule has 138 valence electrons. The smallest absolute Gasteiger partial charge is 0.303 e. The molecule has 0 aromatic heterocycles. The number of hydrogen-bond acceptors (Lipinski definition) is 2. The number of carbonyl (C=O) groups is 1. The van der Waals surface area contributed by atoms with E-state index in [1.165, 1.54) is 57.8 Å². The van der Waals surface area contributed by atoms with E-state index in [0.717, 1.165) is 18.6 Å². The minimum atomic E-state index is -0.657. The number of carboxylic acid groups (broad SMARTS) is 1. The lowest BCUT2D eigenvalue weighted by Gasteiger charge is -2.01. The van der Waals surface area contributed by atoms with Gasteiger partial charge in [0.25, 0.3) is 0 Å². The molecule has 0 saturated heterocycles. The lowest BCUT2D eigenvalue weighted by molar-refractivity contribution is -0.137. The summed E-state index contributed by atoms with van der Waals surface area (Å²) in [5.74, 6) is 0.253. The Labute approximate surface area is 148 Å². The maximum absolute atomic E-state index is 10.3. The van der Waals surface area contributed by atoms with Crippen LogP contribution in [0.1, 0.15) is 84.0 Å². The third-order valence-electron chi connectivity index (χ3n) is 3.97. The Kier molecular flexibility index (Phi) is 16.7. The van der Waals surface area contributed by atoms with Crippen molar-refractivity contribution in [3.05, 3.63) is 30.3 Å². The van der Waals surface area contributed by atoms with Crippen LogP contribution in [0, 0.1) is 0 Å². The van der Waals surface area contributed by atoms with Crippen LogP contribution in [0.4, 0.5) is 0 Å². The van der Waals surface area contributed by atoms with Crippen molar-refractivity contribution in [1.82, 2.24) is 0 Å². The van der Waals surface area contributed by atoms with E-state index in [4.69, 9.17) is 9.84 Å². The van der Waals surface area contributed by atoms with Gasteiger partial charge in [-0.15, -0.1) is 0 Å². The summed E-state index contributed by atoms with van der Waals surface area (Å²) in [5.41, 5.74) is 0. The predicted octanol–water partition coefficient (Wildman–Crippen LogP) is 6.47. The quantitative estimate of drug-likeness (QED) is 0.420. The summed E-state index contributed by atoms with van der Waals surface area (Å²) in [6, 6.07) is 9.68. The Morgan fingerprint density at radius 2 is 1.29 bits per heavy atom. The molecular formula is C21H36O3. The van der Waals surface area contributed by atoms with Crippen molar-refractivity contribution in [3.63, 3.8) is 0 Å². The van der Waals surface area contributed by atoms with Crippen molar-refractivity contribution >= 4 is 5.97 Å². The van der Waals surface area contributed by atoms with Gasteiger partial charge in [-0.05, 0) is 18.6 Å². The van der Waals surface area contributed by atoms with E-state index in [2.05, 4.69) is 6.92 Å². The van der Waals surface area contributed by atoms with Crippen LogP contribution in [0.3, 0.4) is 0 Å². The zero-order valence-corrected chi connectivity index (χ0v) is 15.6. The molecule has 0 spiro atoms. The second kappa shape index (κ2) is 17.8. The van der Waals surface area contributed by atoms with Gasteiger partial charge in [0.05, 0.1) is 7.11 Å². The second-order valence-corrected chi connectivity index (χ2v) is 6.20. The highest BCUT2D eigenvalue weighted by molar-refractivity contribution is 5.66. The molecule has 1 N–H and O–H groups in total. The number of ether oxygens (including phenoxy) is 1. The third kappa shape index (κ3) is 16.9. The van der Waals surface area contributed by atoms with Crippen LogP contribution in [0.2, 0.25) is 0 Å². The molecule has 0 fully saturated rings. The molecule has 1 aromatic rings. The standard InChI is InChI=1S/C14H28O2.C7H8O/c1-2-3-4-5-6-7-8-9-10-11-12-13-14(15)16;1-8-7-5-3-2-4-6-7/h2-13H2,1H3,(H,15,16);2-6H,1H3. The first-order valence-electron chi connectivity index (χ1n) is 9.51. The summed E-state index contributed by atoms with van der Waals surface area (Å²) in [6.45, 7) is 2.25. The van der Waals surface area contributed by atoms with Crippen LogP contribution < -0.4 is 4.74 Å². The molecule has 0 aliphatic rings. The number of unbranched alkanes of at least 4 members (excludes halogenated alkanes) is 10. The van der Waals surface area contributed by atoms with Gasteiger partial charge in [0.15, 0.2) is 0 Å². The third-order valence-corrected chi connectivity index (χ3v) is 3.97. The average molecular weight is 337 g/mol. The fraction of sp³-hybridized carbons (Fsp3) is 0.667. The van der Waals surface area contributed by atoms with Gasteiger partial charge in [-0.1, -0.05) is 89.3 Å². The van der Waals surface area contributed by atoms with Crippen LogP contribution in [0.25, 0.3) is 0 Å². The number of aliphatic carboxylic acids is 1. The Morgan fingerprint density at radius 3 is 1.67 bits per heavy atom. The number of hydrogen-bond donors (Lipinski definition) is 1. The number of para-hydroxylation sites is 1. The highest BCUT2D eigenvalue weighted by Crippen LogP contribution is 2.11. The molecule has 3 nitrogen and oxygen atoms in total. The zero-order valence-electron chi connectivity index (χ0n) is 15.6.